The number of anilines is 2. The number of fused-ring (bicyclic) bond motifs is 1. The maximum atomic E-state index is 14.0. The molecule has 166 valence electrons. The second kappa shape index (κ2) is 8.68. The third-order valence-corrected chi connectivity index (χ3v) is 5.92. The number of halogens is 5. The van der Waals surface area contributed by atoms with Crippen LogP contribution < -0.4 is 11.0 Å². The molecule has 1 N–H and O–H groups in total. The van der Waals surface area contributed by atoms with Gasteiger partial charge in [0.05, 0.1) is 17.2 Å². The van der Waals surface area contributed by atoms with Crippen LogP contribution >= 0.6 is 23.2 Å². The van der Waals surface area contributed by atoms with Gasteiger partial charge in [0, 0.05) is 31.9 Å². The smallest absolute Gasteiger partial charge is 0.328 e. The molecule has 0 amide bonds. The number of hydrogen-bond donors (Lipinski definition) is 1. The van der Waals surface area contributed by atoms with Crippen LogP contribution in [0.2, 0.25) is 10.3 Å². The summed E-state index contributed by atoms with van der Waals surface area (Å²) in [6.07, 6.45) is -2.95. The number of imidazole rings is 1. The van der Waals surface area contributed by atoms with Gasteiger partial charge in [-0.1, -0.05) is 11.6 Å². The van der Waals surface area contributed by atoms with E-state index in [0.717, 1.165) is 4.90 Å². The SMILES string of the molecule is Cn1c(=O)n(CC2CCCN2C(F)C(F)F)c2cc(Nc3nc(Cl)ncc3Cl)ccc21. The average Bonchev–Trinajstić information content (AvgIpc) is 3.29. The lowest BCUT2D eigenvalue weighted by atomic mass is 10.2. The summed E-state index contributed by atoms with van der Waals surface area (Å²) in [6, 6.07) is 4.71. The van der Waals surface area contributed by atoms with Crippen LogP contribution in [-0.4, -0.2) is 49.3 Å². The summed E-state index contributed by atoms with van der Waals surface area (Å²) in [5, 5.41) is 3.32. The highest BCUT2D eigenvalue weighted by atomic mass is 35.5. The van der Waals surface area contributed by atoms with Crippen molar-refractivity contribution in [1.29, 1.82) is 0 Å². The molecule has 7 nitrogen and oxygen atoms in total. The first-order valence-electron chi connectivity index (χ1n) is 9.58. The van der Waals surface area contributed by atoms with Gasteiger partial charge in [0.25, 0.3) is 6.43 Å². The van der Waals surface area contributed by atoms with Gasteiger partial charge in [-0.15, -0.1) is 0 Å². The number of rotatable bonds is 6. The third-order valence-electron chi connectivity index (χ3n) is 5.46. The molecule has 0 aliphatic carbocycles. The van der Waals surface area contributed by atoms with E-state index in [1.165, 1.54) is 15.3 Å². The maximum absolute atomic E-state index is 14.0. The molecule has 3 aromatic rings. The van der Waals surface area contributed by atoms with E-state index in [1.807, 2.05) is 0 Å². The van der Waals surface area contributed by atoms with Crippen molar-refractivity contribution in [2.75, 3.05) is 11.9 Å². The Labute approximate surface area is 185 Å². The molecule has 31 heavy (non-hydrogen) atoms. The van der Waals surface area contributed by atoms with Crippen molar-refractivity contribution in [1.82, 2.24) is 24.0 Å². The Bertz CT molecular complexity index is 1170. The normalized spacial score (nSPS) is 18.2. The Morgan fingerprint density at radius 2 is 2.03 bits per heavy atom. The summed E-state index contributed by atoms with van der Waals surface area (Å²) in [7, 11) is 1.62. The summed E-state index contributed by atoms with van der Waals surface area (Å²) in [5.41, 5.74) is 1.50. The van der Waals surface area contributed by atoms with Gasteiger partial charge in [0.2, 0.25) is 11.6 Å². The molecule has 12 heteroatoms. The Morgan fingerprint density at radius 3 is 2.77 bits per heavy atom. The predicted molar refractivity (Wildman–Crippen MR) is 113 cm³/mol. The fourth-order valence-electron chi connectivity index (χ4n) is 3.97. The van der Waals surface area contributed by atoms with Crippen LogP contribution in [0.5, 0.6) is 0 Å². The lowest BCUT2D eigenvalue weighted by Crippen LogP contribution is -2.43. The monoisotopic (exact) mass is 474 g/mol. The van der Waals surface area contributed by atoms with Crippen LogP contribution in [0.4, 0.5) is 24.7 Å². The Kier molecular flexibility index (Phi) is 6.14. The van der Waals surface area contributed by atoms with E-state index < -0.39 is 18.8 Å². The number of likely N-dealkylation sites (tertiary alicyclic amines) is 1. The van der Waals surface area contributed by atoms with Gasteiger partial charge in [0.1, 0.15) is 5.02 Å². The second-order valence-corrected chi connectivity index (χ2v) is 8.10. The summed E-state index contributed by atoms with van der Waals surface area (Å²) in [4.78, 5) is 21.8. The van der Waals surface area contributed by atoms with E-state index in [2.05, 4.69) is 15.3 Å². The van der Waals surface area contributed by atoms with Crippen LogP contribution in [0.15, 0.2) is 29.2 Å². The van der Waals surface area contributed by atoms with Crippen molar-refractivity contribution in [2.45, 2.75) is 38.1 Å². The topological polar surface area (TPSA) is 68.0 Å². The van der Waals surface area contributed by atoms with Gasteiger partial charge < -0.3 is 5.32 Å². The molecule has 1 aromatic carbocycles. The molecule has 0 spiro atoms. The lowest BCUT2D eigenvalue weighted by molar-refractivity contribution is -0.0566. The van der Waals surface area contributed by atoms with Crippen molar-refractivity contribution in [2.24, 2.45) is 7.05 Å². The largest absolute Gasteiger partial charge is 0.339 e. The number of aromatic nitrogens is 4. The summed E-state index contributed by atoms with van der Waals surface area (Å²) < 4.78 is 42.8. The van der Waals surface area contributed by atoms with Crippen LogP contribution in [-0.2, 0) is 13.6 Å². The standard InChI is InChI=1S/C19H19Cl2F3N6O/c1-28-13-5-4-10(26-17-12(20)8-25-18(21)27-17)7-14(13)30(19(28)31)9-11-3-2-6-29(11)16(24)15(22)23/h4-5,7-8,11,15-16H,2-3,6,9H2,1H3,(H,25,26,27). The van der Waals surface area contributed by atoms with Crippen LogP contribution in [0.1, 0.15) is 12.8 Å². The van der Waals surface area contributed by atoms with E-state index >= 15 is 0 Å². The molecular weight excluding hydrogens is 456 g/mol. The molecule has 1 aliphatic heterocycles. The van der Waals surface area contributed by atoms with E-state index in [0.29, 0.717) is 35.4 Å². The maximum Gasteiger partial charge on any atom is 0.328 e. The molecule has 0 radical (unpaired) electrons. The van der Waals surface area contributed by atoms with Gasteiger partial charge >= 0.3 is 5.69 Å². The highest BCUT2D eigenvalue weighted by Gasteiger charge is 2.36. The number of nitrogens with one attached hydrogen (secondary N) is 1. The van der Waals surface area contributed by atoms with Crippen LogP contribution in [0.25, 0.3) is 11.0 Å². The zero-order chi connectivity index (χ0) is 22.3. The summed E-state index contributed by atoms with van der Waals surface area (Å²) >= 11 is 11.9. The quantitative estimate of drug-likeness (QED) is 0.428. The molecule has 1 aliphatic rings. The van der Waals surface area contributed by atoms with Crippen LogP contribution in [0, 0.1) is 0 Å². The van der Waals surface area contributed by atoms with Gasteiger partial charge in [-0.25, -0.2) is 22.9 Å². The van der Waals surface area contributed by atoms with E-state index in [4.69, 9.17) is 23.2 Å². The minimum absolute atomic E-state index is 0.0192. The van der Waals surface area contributed by atoms with Crippen molar-refractivity contribution >= 4 is 45.7 Å². The van der Waals surface area contributed by atoms with E-state index in [1.54, 1.807) is 25.2 Å². The Hall–Kier alpha value is -2.30. The van der Waals surface area contributed by atoms with Gasteiger partial charge in [-0.2, -0.15) is 4.98 Å². The van der Waals surface area contributed by atoms with Crippen LogP contribution in [0.3, 0.4) is 0 Å². The molecule has 0 saturated carbocycles. The average molecular weight is 475 g/mol. The highest BCUT2D eigenvalue weighted by Crippen LogP contribution is 2.28. The first-order chi connectivity index (χ1) is 14.8. The highest BCUT2D eigenvalue weighted by molar-refractivity contribution is 6.33. The second-order valence-electron chi connectivity index (χ2n) is 7.36. The third kappa shape index (κ3) is 4.24. The molecule has 2 aromatic heterocycles. The summed E-state index contributed by atoms with van der Waals surface area (Å²) in [6.45, 7) is 0.336. The number of nitrogens with zero attached hydrogens (tertiary/aromatic N) is 5. The van der Waals surface area contributed by atoms with Gasteiger partial charge in [0.15, 0.2) is 5.82 Å². The van der Waals surface area contributed by atoms with Gasteiger partial charge in [-0.05, 0) is 42.6 Å². The van der Waals surface area contributed by atoms with E-state index in [-0.39, 0.29) is 29.1 Å². The van der Waals surface area contributed by atoms with Gasteiger partial charge in [-0.3, -0.25) is 14.0 Å². The zero-order valence-corrected chi connectivity index (χ0v) is 17.9. The number of benzene rings is 1. The molecule has 0 bridgehead atoms. The first kappa shape index (κ1) is 21.9. The minimum Gasteiger partial charge on any atom is -0.339 e. The molecular formula is C19H19Cl2F3N6O. The molecule has 1 saturated heterocycles. The molecule has 4 rings (SSSR count). The minimum atomic E-state index is -3.09. The molecule has 3 heterocycles. The number of hydrogen-bond acceptors (Lipinski definition) is 5. The Morgan fingerprint density at radius 1 is 1.26 bits per heavy atom. The number of alkyl halides is 3. The fraction of sp³-hybridized carbons (Fsp3) is 0.421. The summed E-state index contributed by atoms with van der Waals surface area (Å²) in [5.74, 6) is 0.296. The first-order valence-corrected chi connectivity index (χ1v) is 10.3. The predicted octanol–water partition coefficient (Wildman–Crippen LogP) is 4.21. The van der Waals surface area contributed by atoms with E-state index in [9.17, 15) is 18.0 Å². The van der Waals surface area contributed by atoms with Crippen molar-refractivity contribution in [3.8, 4) is 0 Å². The molecule has 2 atom stereocenters. The molecule has 2 unspecified atom stereocenters. The zero-order valence-electron chi connectivity index (χ0n) is 16.4. The Balaban J connectivity index is 1.69. The number of aryl methyl sites for hydroxylation is 1. The van der Waals surface area contributed by atoms with Crippen molar-refractivity contribution in [3.63, 3.8) is 0 Å². The van der Waals surface area contributed by atoms with Crippen molar-refractivity contribution in [3.05, 3.63) is 45.2 Å². The fourth-order valence-corrected chi connectivity index (χ4v) is 4.24. The molecule has 1 fully saturated rings. The van der Waals surface area contributed by atoms with Crippen molar-refractivity contribution < 1.29 is 13.2 Å². The lowest BCUT2D eigenvalue weighted by Gasteiger charge is -2.27.